The molecule has 70 valence electrons. The minimum absolute atomic E-state index is 0.582. The number of fused-ring (bicyclic) bond motifs is 1. The summed E-state index contributed by atoms with van der Waals surface area (Å²) in [5.41, 5.74) is 2.96. The first kappa shape index (κ1) is 8.61. The Morgan fingerprint density at radius 2 is 2.23 bits per heavy atom. The van der Waals surface area contributed by atoms with Crippen molar-refractivity contribution in [1.29, 1.82) is 0 Å². The van der Waals surface area contributed by atoms with E-state index >= 15 is 0 Å². The third-order valence-electron chi connectivity index (χ3n) is 3.04. The van der Waals surface area contributed by atoms with E-state index in [2.05, 4.69) is 50.2 Å². The van der Waals surface area contributed by atoms with E-state index in [0.717, 1.165) is 0 Å². The fourth-order valence-corrected chi connectivity index (χ4v) is 2.28. The molecule has 1 heterocycles. The summed E-state index contributed by atoms with van der Waals surface area (Å²) in [6, 6.07) is 0.582. The van der Waals surface area contributed by atoms with Crippen LogP contribution in [0, 0.1) is 5.92 Å². The van der Waals surface area contributed by atoms with E-state index in [4.69, 9.17) is 0 Å². The molecule has 0 bridgehead atoms. The van der Waals surface area contributed by atoms with Crippen molar-refractivity contribution in [3.8, 4) is 0 Å². The van der Waals surface area contributed by atoms with Gasteiger partial charge in [0.15, 0.2) is 0 Å². The summed E-state index contributed by atoms with van der Waals surface area (Å²) in [6.07, 6.45) is 10.4. The molecule has 0 spiro atoms. The number of hydrogen-bond donors (Lipinski definition) is 0. The van der Waals surface area contributed by atoms with Crippen molar-refractivity contribution in [2.24, 2.45) is 5.92 Å². The van der Waals surface area contributed by atoms with Gasteiger partial charge < -0.3 is 4.90 Å². The Hall–Kier alpha value is -0.980. The monoisotopic (exact) mass is 175 g/mol. The van der Waals surface area contributed by atoms with E-state index in [1.807, 2.05) is 0 Å². The molecule has 13 heavy (non-hydrogen) atoms. The molecule has 1 aliphatic heterocycles. The van der Waals surface area contributed by atoms with Crippen LogP contribution in [0.4, 0.5) is 0 Å². The Morgan fingerprint density at radius 3 is 2.92 bits per heavy atom. The fourth-order valence-electron chi connectivity index (χ4n) is 2.28. The molecule has 0 N–H and O–H groups in total. The van der Waals surface area contributed by atoms with Gasteiger partial charge in [-0.3, -0.25) is 0 Å². The van der Waals surface area contributed by atoms with Crippen molar-refractivity contribution in [3.05, 3.63) is 35.6 Å². The van der Waals surface area contributed by atoms with Crippen LogP contribution >= 0.6 is 0 Å². The van der Waals surface area contributed by atoms with Crippen molar-refractivity contribution >= 4 is 0 Å². The Morgan fingerprint density at radius 1 is 1.46 bits per heavy atom. The molecule has 2 atom stereocenters. The molecular formula is C12H17N. The average Bonchev–Trinajstić information content (AvgIpc) is 2.42. The van der Waals surface area contributed by atoms with Gasteiger partial charge in [-0.15, -0.1) is 0 Å². The smallest absolute Gasteiger partial charge is 0.0568 e. The summed E-state index contributed by atoms with van der Waals surface area (Å²) < 4.78 is 0. The molecule has 2 aliphatic rings. The predicted molar refractivity (Wildman–Crippen MR) is 56.3 cm³/mol. The van der Waals surface area contributed by atoms with Crippen molar-refractivity contribution in [2.75, 3.05) is 7.05 Å². The van der Waals surface area contributed by atoms with Crippen LogP contribution in [-0.4, -0.2) is 18.0 Å². The largest absolute Gasteiger partial charge is 0.373 e. The van der Waals surface area contributed by atoms with Crippen LogP contribution in [0.25, 0.3) is 0 Å². The van der Waals surface area contributed by atoms with Crippen molar-refractivity contribution in [3.63, 3.8) is 0 Å². The highest BCUT2D eigenvalue weighted by Gasteiger charge is 2.30. The maximum Gasteiger partial charge on any atom is 0.0568 e. The summed E-state index contributed by atoms with van der Waals surface area (Å²) >= 11 is 0. The molecule has 0 saturated heterocycles. The van der Waals surface area contributed by atoms with Crippen LogP contribution in [0.5, 0.6) is 0 Å². The lowest BCUT2D eigenvalue weighted by Gasteiger charge is -2.25. The lowest BCUT2D eigenvalue weighted by Crippen LogP contribution is -2.27. The molecular weight excluding hydrogens is 158 g/mol. The summed E-state index contributed by atoms with van der Waals surface area (Å²) in [6.45, 7) is 4.42. The molecule has 1 heteroatoms. The number of likely N-dealkylation sites (N-methyl/N-ethyl adjacent to an activating group) is 1. The van der Waals surface area contributed by atoms with E-state index in [1.165, 1.54) is 12.0 Å². The molecule has 0 radical (unpaired) electrons. The predicted octanol–water partition coefficient (Wildman–Crippen LogP) is 2.73. The zero-order chi connectivity index (χ0) is 9.42. The van der Waals surface area contributed by atoms with Gasteiger partial charge in [0, 0.05) is 13.0 Å². The SMILES string of the molecule is CCC1=CN(C)C2C=CC(C)=CC12. The van der Waals surface area contributed by atoms with E-state index in [0.29, 0.717) is 12.0 Å². The first-order valence-electron chi connectivity index (χ1n) is 5.01. The molecule has 1 aliphatic carbocycles. The van der Waals surface area contributed by atoms with E-state index in [-0.39, 0.29) is 0 Å². The van der Waals surface area contributed by atoms with Crippen LogP contribution in [0.1, 0.15) is 20.3 Å². The van der Waals surface area contributed by atoms with Gasteiger partial charge in [-0.1, -0.05) is 30.7 Å². The maximum atomic E-state index is 2.39. The third kappa shape index (κ3) is 1.32. The molecule has 0 saturated carbocycles. The van der Waals surface area contributed by atoms with Crippen molar-refractivity contribution in [2.45, 2.75) is 26.3 Å². The topological polar surface area (TPSA) is 3.24 Å². The Bertz CT molecular complexity index is 296. The Balaban J connectivity index is 2.29. The molecule has 1 nitrogen and oxygen atoms in total. The second-order valence-corrected chi connectivity index (χ2v) is 4.01. The van der Waals surface area contributed by atoms with Crippen LogP contribution in [-0.2, 0) is 0 Å². The van der Waals surface area contributed by atoms with Crippen LogP contribution < -0.4 is 0 Å². The highest BCUT2D eigenvalue weighted by atomic mass is 15.1. The summed E-state index contributed by atoms with van der Waals surface area (Å²) in [5.74, 6) is 0.639. The second kappa shape index (κ2) is 3.06. The highest BCUT2D eigenvalue weighted by molar-refractivity contribution is 5.35. The normalized spacial score (nSPS) is 31.5. The number of nitrogens with zero attached hydrogens (tertiary/aromatic N) is 1. The molecule has 2 unspecified atom stereocenters. The van der Waals surface area contributed by atoms with Crippen LogP contribution in [0.15, 0.2) is 35.6 Å². The van der Waals surface area contributed by atoms with Gasteiger partial charge in [0.05, 0.1) is 6.04 Å². The molecule has 0 aromatic heterocycles. The Labute approximate surface area is 80.4 Å². The average molecular weight is 175 g/mol. The first-order valence-corrected chi connectivity index (χ1v) is 5.01. The third-order valence-corrected chi connectivity index (χ3v) is 3.04. The molecule has 2 rings (SSSR count). The fraction of sp³-hybridized carbons (Fsp3) is 0.500. The van der Waals surface area contributed by atoms with Gasteiger partial charge in [-0.2, -0.15) is 0 Å². The standard InChI is InChI=1S/C12H17N/c1-4-10-8-13(3)12-6-5-9(2)7-11(10)12/h5-8,11-12H,4H2,1-3H3. The van der Waals surface area contributed by atoms with Gasteiger partial charge in [0.2, 0.25) is 0 Å². The quantitative estimate of drug-likeness (QED) is 0.592. The van der Waals surface area contributed by atoms with Gasteiger partial charge in [-0.25, -0.2) is 0 Å². The van der Waals surface area contributed by atoms with Crippen molar-refractivity contribution < 1.29 is 0 Å². The molecule has 0 aromatic carbocycles. The lowest BCUT2D eigenvalue weighted by atomic mass is 9.87. The van der Waals surface area contributed by atoms with Gasteiger partial charge >= 0.3 is 0 Å². The highest BCUT2D eigenvalue weighted by Crippen LogP contribution is 2.34. The summed E-state index contributed by atoms with van der Waals surface area (Å²) in [4.78, 5) is 2.32. The molecule has 0 aromatic rings. The van der Waals surface area contributed by atoms with E-state index in [9.17, 15) is 0 Å². The first-order chi connectivity index (χ1) is 6.22. The molecule has 0 amide bonds. The second-order valence-electron chi connectivity index (χ2n) is 4.01. The van der Waals surface area contributed by atoms with Crippen molar-refractivity contribution in [1.82, 2.24) is 4.90 Å². The molecule has 0 fully saturated rings. The summed E-state index contributed by atoms with van der Waals surface area (Å²) in [7, 11) is 2.17. The lowest BCUT2D eigenvalue weighted by molar-refractivity contribution is 0.376. The van der Waals surface area contributed by atoms with Gasteiger partial charge in [0.25, 0.3) is 0 Å². The van der Waals surface area contributed by atoms with Crippen LogP contribution in [0.3, 0.4) is 0 Å². The maximum absolute atomic E-state index is 2.39. The van der Waals surface area contributed by atoms with Crippen LogP contribution in [0.2, 0.25) is 0 Å². The minimum atomic E-state index is 0.582. The van der Waals surface area contributed by atoms with Gasteiger partial charge in [-0.05, 0) is 25.1 Å². The number of hydrogen-bond acceptors (Lipinski definition) is 1. The number of rotatable bonds is 1. The number of allylic oxidation sites excluding steroid dienone is 2. The Kier molecular flexibility index (Phi) is 2.03. The minimum Gasteiger partial charge on any atom is -0.373 e. The zero-order valence-electron chi connectivity index (χ0n) is 8.62. The summed E-state index contributed by atoms with van der Waals surface area (Å²) in [5, 5.41) is 0. The zero-order valence-corrected chi connectivity index (χ0v) is 8.62. The van der Waals surface area contributed by atoms with E-state index in [1.54, 1.807) is 5.57 Å². The van der Waals surface area contributed by atoms with E-state index < -0.39 is 0 Å². The van der Waals surface area contributed by atoms with Gasteiger partial charge in [0.1, 0.15) is 0 Å².